The lowest BCUT2D eigenvalue weighted by Gasteiger charge is -2.10. The molecule has 2 amide bonds. The number of carbonyl (C=O) groups is 2. The molecule has 0 spiro atoms. The van der Waals surface area contributed by atoms with Crippen molar-refractivity contribution in [1.82, 2.24) is 15.1 Å². The Bertz CT molecular complexity index is 1060. The lowest BCUT2D eigenvalue weighted by Crippen LogP contribution is -2.35. The number of carbonyl (C=O) groups excluding carboxylic acids is 2. The molecule has 26 heavy (non-hydrogen) atoms. The molecule has 0 bridgehead atoms. The average molecular weight is 415 g/mol. The largest absolute Gasteiger partial charge is 0.342 e. The molecule has 7 nitrogen and oxygen atoms in total. The number of amides is 2. The van der Waals surface area contributed by atoms with Crippen molar-refractivity contribution in [2.45, 2.75) is 0 Å². The first-order valence-corrected chi connectivity index (χ1v) is 8.55. The van der Waals surface area contributed by atoms with E-state index in [1.807, 2.05) is 6.07 Å². The molecule has 1 aromatic heterocycles. The van der Waals surface area contributed by atoms with Gasteiger partial charge in [0, 0.05) is 16.9 Å². The highest BCUT2D eigenvalue weighted by atomic mass is 79.9. The fourth-order valence-electron chi connectivity index (χ4n) is 2.47. The summed E-state index contributed by atoms with van der Waals surface area (Å²) >= 11 is 3.34. The van der Waals surface area contributed by atoms with Crippen LogP contribution in [0.15, 0.2) is 57.8 Å². The molecule has 2 N–H and O–H groups in total. The van der Waals surface area contributed by atoms with Gasteiger partial charge in [0.1, 0.15) is 0 Å². The van der Waals surface area contributed by atoms with Crippen LogP contribution < -0.4 is 16.2 Å². The van der Waals surface area contributed by atoms with E-state index in [2.05, 4.69) is 31.7 Å². The molecule has 0 aliphatic heterocycles. The van der Waals surface area contributed by atoms with E-state index in [4.69, 9.17) is 0 Å². The molecule has 0 unspecified atom stereocenters. The Hall–Kier alpha value is -3.00. The zero-order valence-electron chi connectivity index (χ0n) is 13.8. The molecule has 0 aliphatic carbocycles. The van der Waals surface area contributed by atoms with E-state index in [1.54, 1.807) is 42.5 Å². The van der Waals surface area contributed by atoms with Crippen LogP contribution in [0.4, 0.5) is 5.69 Å². The molecule has 0 aliphatic rings. The summed E-state index contributed by atoms with van der Waals surface area (Å²) in [6, 6.07) is 13.9. The van der Waals surface area contributed by atoms with E-state index in [-0.39, 0.29) is 23.7 Å². The Morgan fingerprint density at radius 3 is 2.46 bits per heavy atom. The van der Waals surface area contributed by atoms with E-state index < -0.39 is 5.91 Å². The minimum Gasteiger partial charge on any atom is -0.342 e. The van der Waals surface area contributed by atoms with Crippen LogP contribution in [0.25, 0.3) is 10.8 Å². The summed E-state index contributed by atoms with van der Waals surface area (Å²) in [5, 5.41) is 10.1. The summed E-state index contributed by atoms with van der Waals surface area (Å²) in [6.07, 6.45) is 0. The first-order chi connectivity index (χ1) is 12.5. The Morgan fingerprint density at radius 2 is 1.73 bits per heavy atom. The van der Waals surface area contributed by atoms with E-state index >= 15 is 0 Å². The van der Waals surface area contributed by atoms with Gasteiger partial charge in [-0.25, -0.2) is 4.68 Å². The molecule has 0 fully saturated rings. The van der Waals surface area contributed by atoms with Gasteiger partial charge in [0.05, 0.1) is 17.6 Å². The fraction of sp³-hybridized carbons (Fsp3) is 0.111. The monoisotopic (exact) mass is 414 g/mol. The van der Waals surface area contributed by atoms with Crippen molar-refractivity contribution in [2.75, 3.05) is 11.9 Å². The van der Waals surface area contributed by atoms with Gasteiger partial charge in [0.15, 0.2) is 5.69 Å². The molecule has 3 rings (SSSR count). The third-order valence-corrected chi connectivity index (χ3v) is 4.42. The normalized spacial score (nSPS) is 10.5. The summed E-state index contributed by atoms with van der Waals surface area (Å²) in [5.74, 6) is -0.904. The standard InChI is InChI=1S/C18H15BrN4O3/c1-23-18(26)12-7-3-2-6-11(12)16(22-23)17(25)20-10-15(24)21-14-9-5-4-8-13(14)19/h2-9H,10H2,1H3,(H,20,25)(H,21,24). The predicted molar refractivity (Wildman–Crippen MR) is 102 cm³/mol. The average Bonchev–Trinajstić information content (AvgIpc) is 2.64. The maximum absolute atomic E-state index is 12.5. The number of nitrogens with one attached hydrogen (secondary N) is 2. The second-order valence-electron chi connectivity index (χ2n) is 5.53. The Kier molecular flexibility index (Phi) is 5.13. The summed E-state index contributed by atoms with van der Waals surface area (Å²) in [5.41, 5.74) is 0.414. The third kappa shape index (κ3) is 3.65. The van der Waals surface area contributed by atoms with Gasteiger partial charge in [-0.2, -0.15) is 5.10 Å². The number of nitrogens with zero attached hydrogens (tertiary/aromatic N) is 2. The van der Waals surface area contributed by atoms with Crippen molar-refractivity contribution in [3.05, 3.63) is 69.1 Å². The summed E-state index contributed by atoms with van der Waals surface area (Å²) < 4.78 is 1.85. The van der Waals surface area contributed by atoms with Crippen molar-refractivity contribution < 1.29 is 9.59 Å². The van der Waals surface area contributed by atoms with Crippen molar-refractivity contribution in [1.29, 1.82) is 0 Å². The number of para-hydroxylation sites is 1. The minimum absolute atomic E-state index is 0.0939. The van der Waals surface area contributed by atoms with Gasteiger partial charge in [-0.1, -0.05) is 30.3 Å². The van der Waals surface area contributed by atoms with Gasteiger partial charge in [-0.05, 0) is 34.1 Å². The number of halogens is 1. The zero-order chi connectivity index (χ0) is 18.7. The summed E-state index contributed by atoms with van der Waals surface area (Å²) in [4.78, 5) is 36.6. The van der Waals surface area contributed by atoms with Crippen LogP contribution in [-0.4, -0.2) is 28.1 Å². The van der Waals surface area contributed by atoms with Crippen LogP contribution in [0, 0.1) is 0 Å². The number of rotatable bonds is 4. The van der Waals surface area contributed by atoms with Gasteiger partial charge in [0.2, 0.25) is 5.91 Å². The van der Waals surface area contributed by atoms with E-state index in [1.165, 1.54) is 7.05 Å². The molecular weight excluding hydrogens is 400 g/mol. The highest BCUT2D eigenvalue weighted by Crippen LogP contribution is 2.20. The van der Waals surface area contributed by atoms with Crippen molar-refractivity contribution in [3.8, 4) is 0 Å². The number of fused-ring (bicyclic) bond motifs is 1. The SMILES string of the molecule is Cn1nc(C(=O)NCC(=O)Nc2ccccc2Br)c2ccccc2c1=O. The van der Waals surface area contributed by atoms with Crippen LogP contribution in [0.1, 0.15) is 10.5 Å². The summed E-state index contributed by atoms with van der Waals surface area (Å²) in [6.45, 7) is -0.223. The molecule has 0 saturated heterocycles. The highest BCUT2D eigenvalue weighted by molar-refractivity contribution is 9.10. The van der Waals surface area contributed by atoms with Gasteiger partial charge < -0.3 is 10.6 Å². The van der Waals surface area contributed by atoms with E-state index in [0.29, 0.717) is 16.5 Å². The Labute approximate surface area is 157 Å². The lowest BCUT2D eigenvalue weighted by molar-refractivity contribution is -0.115. The first-order valence-electron chi connectivity index (χ1n) is 7.76. The fourth-order valence-corrected chi connectivity index (χ4v) is 2.85. The van der Waals surface area contributed by atoms with Crippen LogP contribution in [0.3, 0.4) is 0 Å². The smallest absolute Gasteiger partial charge is 0.274 e. The van der Waals surface area contributed by atoms with Gasteiger partial charge in [-0.3, -0.25) is 14.4 Å². The number of anilines is 1. The van der Waals surface area contributed by atoms with Crippen molar-refractivity contribution in [3.63, 3.8) is 0 Å². The van der Waals surface area contributed by atoms with Crippen LogP contribution >= 0.6 is 15.9 Å². The quantitative estimate of drug-likeness (QED) is 0.683. The number of hydrogen-bond donors (Lipinski definition) is 2. The second-order valence-corrected chi connectivity index (χ2v) is 6.39. The van der Waals surface area contributed by atoms with Crippen LogP contribution in [-0.2, 0) is 11.8 Å². The Balaban J connectivity index is 1.76. The van der Waals surface area contributed by atoms with Crippen molar-refractivity contribution in [2.24, 2.45) is 7.05 Å². The molecule has 3 aromatic rings. The number of hydrogen-bond acceptors (Lipinski definition) is 4. The van der Waals surface area contributed by atoms with Gasteiger partial charge in [0.25, 0.3) is 11.5 Å². The van der Waals surface area contributed by atoms with Gasteiger partial charge >= 0.3 is 0 Å². The molecule has 2 aromatic carbocycles. The summed E-state index contributed by atoms with van der Waals surface area (Å²) in [7, 11) is 1.48. The molecule has 1 heterocycles. The van der Waals surface area contributed by atoms with Crippen molar-refractivity contribution >= 4 is 44.2 Å². The van der Waals surface area contributed by atoms with Gasteiger partial charge in [-0.15, -0.1) is 0 Å². The van der Waals surface area contributed by atoms with Crippen LogP contribution in [0.2, 0.25) is 0 Å². The number of aromatic nitrogens is 2. The zero-order valence-corrected chi connectivity index (χ0v) is 15.4. The lowest BCUT2D eigenvalue weighted by atomic mass is 10.1. The number of aryl methyl sites for hydroxylation is 1. The van der Waals surface area contributed by atoms with Crippen LogP contribution in [0.5, 0.6) is 0 Å². The highest BCUT2D eigenvalue weighted by Gasteiger charge is 2.16. The molecule has 0 radical (unpaired) electrons. The number of benzene rings is 2. The van der Waals surface area contributed by atoms with E-state index in [9.17, 15) is 14.4 Å². The predicted octanol–water partition coefficient (Wildman–Crippen LogP) is 2.06. The van der Waals surface area contributed by atoms with E-state index in [0.717, 1.165) is 9.15 Å². The second kappa shape index (κ2) is 7.49. The Morgan fingerprint density at radius 1 is 1.08 bits per heavy atom. The minimum atomic E-state index is -0.529. The topological polar surface area (TPSA) is 93.1 Å². The molecule has 132 valence electrons. The molecule has 0 atom stereocenters. The molecular formula is C18H15BrN4O3. The maximum Gasteiger partial charge on any atom is 0.274 e. The molecule has 0 saturated carbocycles. The first kappa shape index (κ1) is 17.8. The maximum atomic E-state index is 12.5. The third-order valence-electron chi connectivity index (χ3n) is 3.73. The molecule has 8 heteroatoms.